The standard InChI is InChI=1S/C13H23N3S/c1-10-7-12(3-6-15-10)8-14-5-4-13-16-11(2)9-17-13/h9-10,12,14-15H,3-8H2,1-2H3. The smallest absolute Gasteiger partial charge is 0.0940 e. The molecule has 96 valence electrons. The second-order valence-corrected chi connectivity index (χ2v) is 6.02. The van der Waals surface area contributed by atoms with E-state index in [2.05, 4.69) is 34.8 Å². The summed E-state index contributed by atoms with van der Waals surface area (Å²) in [6, 6.07) is 0.692. The van der Waals surface area contributed by atoms with E-state index in [4.69, 9.17) is 0 Å². The highest BCUT2D eigenvalue weighted by molar-refractivity contribution is 7.09. The van der Waals surface area contributed by atoms with Gasteiger partial charge >= 0.3 is 0 Å². The fraction of sp³-hybridized carbons (Fsp3) is 0.769. The number of rotatable bonds is 5. The molecule has 0 aliphatic carbocycles. The molecule has 0 radical (unpaired) electrons. The Kier molecular flexibility index (Phi) is 4.95. The van der Waals surface area contributed by atoms with Crippen molar-refractivity contribution in [3.05, 3.63) is 16.1 Å². The highest BCUT2D eigenvalue weighted by atomic mass is 32.1. The van der Waals surface area contributed by atoms with E-state index in [1.165, 1.54) is 24.4 Å². The molecule has 2 N–H and O–H groups in total. The molecule has 1 fully saturated rings. The summed E-state index contributed by atoms with van der Waals surface area (Å²) in [5.41, 5.74) is 1.15. The predicted octanol–water partition coefficient (Wildman–Crippen LogP) is 1.97. The quantitative estimate of drug-likeness (QED) is 0.788. The topological polar surface area (TPSA) is 37.0 Å². The molecule has 2 unspecified atom stereocenters. The summed E-state index contributed by atoms with van der Waals surface area (Å²) in [6.07, 6.45) is 3.69. The average molecular weight is 253 g/mol. The SMILES string of the molecule is Cc1csc(CCNCC2CCNC(C)C2)n1. The van der Waals surface area contributed by atoms with Gasteiger partial charge in [-0.2, -0.15) is 0 Å². The van der Waals surface area contributed by atoms with Gasteiger partial charge in [-0.05, 0) is 45.7 Å². The van der Waals surface area contributed by atoms with Gasteiger partial charge in [0.15, 0.2) is 0 Å². The minimum atomic E-state index is 0.692. The number of piperidine rings is 1. The third-order valence-electron chi connectivity index (χ3n) is 3.35. The predicted molar refractivity (Wildman–Crippen MR) is 73.6 cm³/mol. The zero-order chi connectivity index (χ0) is 12.1. The van der Waals surface area contributed by atoms with E-state index >= 15 is 0 Å². The van der Waals surface area contributed by atoms with Gasteiger partial charge in [-0.3, -0.25) is 0 Å². The van der Waals surface area contributed by atoms with Crippen LogP contribution in [0.1, 0.15) is 30.5 Å². The highest BCUT2D eigenvalue weighted by Gasteiger charge is 2.17. The van der Waals surface area contributed by atoms with Crippen molar-refractivity contribution in [2.45, 2.75) is 39.2 Å². The number of aromatic nitrogens is 1. The minimum absolute atomic E-state index is 0.692. The first-order valence-electron chi connectivity index (χ1n) is 6.59. The molecular formula is C13H23N3S. The van der Waals surface area contributed by atoms with Crippen molar-refractivity contribution < 1.29 is 0 Å². The van der Waals surface area contributed by atoms with Crippen LogP contribution in [-0.2, 0) is 6.42 Å². The Hall–Kier alpha value is -0.450. The van der Waals surface area contributed by atoms with Crippen molar-refractivity contribution in [2.24, 2.45) is 5.92 Å². The van der Waals surface area contributed by atoms with Gasteiger partial charge in [0.25, 0.3) is 0 Å². The summed E-state index contributed by atoms with van der Waals surface area (Å²) >= 11 is 1.77. The zero-order valence-corrected chi connectivity index (χ0v) is 11.6. The van der Waals surface area contributed by atoms with Crippen LogP contribution in [0.4, 0.5) is 0 Å². The molecule has 4 heteroatoms. The molecular weight excluding hydrogens is 230 g/mol. The lowest BCUT2D eigenvalue weighted by atomic mass is 9.93. The van der Waals surface area contributed by atoms with Crippen LogP contribution in [0.25, 0.3) is 0 Å². The molecule has 0 aromatic carbocycles. The number of nitrogens with zero attached hydrogens (tertiary/aromatic N) is 1. The molecule has 17 heavy (non-hydrogen) atoms. The Bertz CT molecular complexity index is 337. The maximum Gasteiger partial charge on any atom is 0.0940 e. The number of hydrogen-bond donors (Lipinski definition) is 2. The van der Waals surface area contributed by atoms with E-state index in [0.29, 0.717) is 6.04 Å². The summed E-state index contributed by atoms with van der Waals surface area (Å²) in [5.74, 6) is 0.851. The van der Waals surface area contributed by atoms with Gasteiger partial charge in [0.05, 0.1) is 5.01 Å². The van der Waals surface area contributed by atoms with Crippen molar-refractivity contribution in [2.75, 3.05) is 19.6 Å². The van der Waals surface area contributed by atoms with Crippen molar-refractivity contribution in [1.29, 1.82) is 0 Å². The van der Waals surface area contributed by atoms with Crippen molar-refractivity contribution in [3.8, 4) is 0 Å². The van der Waals surface area contributed by atoms with E-state index in [9.17, 15) is 0 Å². The van der Waals surface area contributed by atoms with Crippen LogP contribution in [-0.4, -0.2) is 30.7 Å². The van der Waals surface area contributed by atoms with E-state index in [1.54, 1.807) is 11.3 Å². The molecule has 1 aromatic rings. The Balaban J connectivity index is 1.59. The fourth-order valence-electron chi connectivity index (χ4n) is 2.44. The summed E-state index contributed by atoms with van der Waals surface area (Å²) in [4.78, 5) is 4.48. The second-order valence-electron chi connectivity index (χ2n) is 5.08. The van der Waals surface area contributed by atoms with Crippen LogP contribution >= 0.6 is 11.3 Å². The average Bonchev–Trinajstić information content (AvgIpc) is 2.71. The van der Waals surface area contributed by atoms with Crippen LogP contribution in [0, 0.1) is 12.8 Å². The lowest BCUT2D eigenvalue weighted by molar-refractivity contribution is 0.305. The molecule has 0 amide bonds. The molecule has 0 bridgehead atoms. The van der Waals surface area contributed by atoms with Crippen LogP contribution in [0.2, 0.25) is 0 Å². The molecule has 0 saturated carbocycles. The highest BCUT2D eigenvalue weighted by Crippen LogP contribution is 2.14. The van der Waals surface area contributed by atoms with Crippen LogP contribution in [0.3, 0.4) is 0 Å². The third-order valence-corrected chi connectivity index (χ3v) is 4.37. The van der Waals surface area contributed by atoms with Gasteiger partial charge in [-0.1, -0.05) is 0 Å². The Morgan fingerprint density at radius 2 is 2.47 bits per heavy atom. The van der Waals surface area contributed by atoms with E-state index in [-0.39, 0.29) is 0 Å². The summed E-state index contributed by atoms with van der Waals surface area (Å²) < 4.78 is 0. The largest absolute Gasteiger partial charge is 0.316 e. The van der Waals surface area contributed by atoms with Gasteiger partial charge in [-0.15, -0.1) is 11.3 Å². The van der Waals surface area contributed by atoms with E-state index in [0.717, 1.165) is 31.1 Å². The summed E-state index contributed by atoms with van der Waals surface area (Å²) in [5, 5.41) is 10.5. The molecule has 2 heterocycles. The van der Waals surface area contributed by atoms with Gasteiger partial charge in [0.1, 0.15) is 0 Å². The maximum atomic E-state index is 4.48. The fourth-order valence-corrected chi connectivity index (χ4v) is 3.22. The van der Waals surface area contributed by atoms with E-state index < -0.39 is 0 Å². The Morgan fingerprint density at radius 1 is 1.59 bits per heavy atom. The first kappa shape index (κ1) is 13.0. The number of nitrogens with one attached hydrogen (secondary N) is 2. The van der Waals surface area contributed by atoms with Crippen molar-refractivity contribution in [1.82, 2.24) is 15.6 Å². The zero-order valence-electron chi connectivity index (χ0n) is 10.8. The maximum absolute atomic E-state index is 4.48. The molecule has 3 nitrogen and oxygen atoms in total. The van der Waals surface area contributed by atoms with Crippen LogP contribution < -0.4 is 10.6 Å². The van der Waals surface area contributed by atoms with E-state index in [1.807, 2.05) is 0 Å². The molecule has 2 rings (SSSR count). The first-order chi connectivity index (χ1) is 8.24. The van der Waals surface area contributed by atoms with Gasteiger partial charge in [0.2, 0.25) is 0 Å². The molecule has 2 atom stereocenters. The molecule has 1 aliphatic heterocycles. The van der Waals surface area contributed by atoms with Gasteiger partial charge < -0.3 is 10.6 Å². The molecule has 0 spiro atoms. The van der Waals surface area contributed by atoms with Gasteiger partial charge in [-0.25, -0.2) is 4.98 Å². The first-order valence-corrected chi connectivity index (χ1v) is 7.47. The monoisotopic (exact) mass is 253 g/mol. The van der Waals surface area contributed by atoms with Crippen LogP contribution in [0.15, 0.2) is 5.38 Å². The molecule has 1 aliphatic rings. The van der Waals surface area contributed by atoms with Crippen molar-refractivity contribution in [3.63, 3.8) is 0 Å². The molecule has 1 aromatic heterocycles. The van der Waals surface area contributed by atoms with Gasteiger partial charge in [0, 0.05) is 30.1 Å². The molecule has 1 saturated heterocycles. The second kappa shape index (κ2) is 6.47. The summed E-state index contributed by atoms with van der Waals surface area (Å²) in [6.45, 7) is 7.75. The van der Waals surface area contributed by atoms with Crippen molar-refractivity contribution >= 4 is 11.3 Å². The minimum Gasteiger partial charge on any atom is -0.316 e. The number of thiazole rings is 1. The summed E-state index contributed by atoms with van der Waals surface area (Å²) in [7, 11) is 0. The number of hydrogen-bond acceptors (Lipinski definition) is 4. The normalized spacial score (nSPS) is 25.1. The lowest BCUT2D eigenvalue weighted by Gasteiger charge is -2.28. The van der Waals surface area contributed by atoms with Crippen LogP contribution in [0.5, 0.6) is 0 Å². The Morgan fingerprint density at radius 3 is 3.18 bits per heavy atom. The number of aryl methyl sites for hydroxylation is 1. The Labute approximate surface area is 108 Å². The third kappa shape index (κ3) is 4.37. The lowest BCUT2D eigenvalue weighted by Crippen LogP contribution is -2.39.